The quantitative estimate of drug-likeness (QED) is 0.621. The summed E-state index contributed by atoms with van der Waals surface area (Å²) >= 11 is 4.90. The van der Waals surface area contributed by atoms with Crippen molar-refractivity contribution in [2.75, 3.05) is 7.05 Å². The third-order valence-corrected chi connectivity index (χ3v) is 5.62. The zero-order valence-corrected chi connectivity index (χ0v) is 16.3. The van der Waals surface area contributed by atoms with Crippen LogP contribution in [0.1, 0.15) is 4.88 Å². The van der Waals surface area contributed by atoms with Gasteiger partial charge in [0.25, 0.3) is 5.56 Å². The lowest BCUT2D eigenvalue weighted by Crippen LogP contribution is -2.43. The highest BCUT2D eigenvalue weighted by Gasteiger charge is 2.19. The van der Waals surface area contributed by atoms with Crippen LogP contribution in [0.3, 0.4) is 0 Å². The molecule has 0 saturated heterocycles. The summed E-state index contributed by atoms with van der Waals surface area (Å²) < 4.78 is 4.73. The number of aromatic nitrogens is 4. The van der Waals surface area contributed by atoms with Crippen LogP contribution in [0, 0.1) is 0 Å². The zero-order chi connectivity index (χ0) is 18.3. The van der Waals surface area contributed by atoms with Crippen LogP contribution in [0.25, 0.3) is 11.2 Å². The van der Waals surface area contributed by atoms with Crippen LogP contribution >= 0.6 is 27.3 Å². The first-order valence-corrected chi connectivity index (χ1v) is 9.04. The molecule has 0 aliphatic heterocycles. The molecular formula is C15H16BrN5O3S. The van der Waals surface area contributed by atoms with Gasteiger partial charge in [-0.1, -0.05) is 0 Å². The highest BCUT2D eigenvalue weighted by Crippen LogP contribution is 2.20. The molecule has 3 heterocycles. The summed E-state index contributed by atoms with van der Waals surface area (Å²) in [7, 11) is 4.85. The topological polar surface area (TPSA) is 82.1 Å². The number of halogens is 1. The van der Waals surface area contributed by atoms with E-state index in [0.717, 1.165) is 13.9 Å². The van der Waals surface area contributed by atoms with Gasteiger partial charge in [0, 0.05) is 35.9 Å². The molecular weight excluding hydrogens is 410 g/mol. The van der Waals surface area contributed by atoms with Crippen molar-refractivity contribution >= 4 is 44.3 Å². The molecule has 0 bridgehead atoms. The number of aryl methyl sites for hydroxylation is 2. The molecule has 3 aromatic rings. The first kappa shape index (κ1) is 17.6. The normalized spacial score (nSPS) is 11.2. The van der Waals surface area contributed by atoms with E-state index in [1.165, 1.54) is 34.2 Å². The van der Waals surface area contributed by atoms with Crippen LogP contribution in [0.2, 0.25) is 0 Å². The third kappa shape index (κ3) is 3.19. The Balaban J connectivity index is 1.92. The van der Waals surface area contributed by atoms with Gasteiger partial charge in [0.2, 0.25) is 5.91 Å². The standard InChI is InChI=1S/C15H16BrN5O3S/c1-18(5-10-4-9(16)7-25-10)11(22)6-21-14(23)12-13(17-8-19(12)2)20(3)15(21)24/h4,7-8H,5-6H2,1-3H3. The van der Waals surface area contributed by atoms with Crippen molar-refractivity contribution < 1.29 is 4.79 Å². The molecule has 3 rings (SSSR count). The van der Waals surface area contributed by atoms with Crippen LogP contribution in [-0.2, 0) is 32.0 Å². The van der Waals surface area contributed by atoms with Crippen LogP contribution in [0.15, 0.2) is 31.8 Å². The summed E-state index contributed by atoms with van der Waals surface area (Å²) in [4.78, 5) is 44.1. The largest absolute Gasteiger partial charge is 0.339 e. The lowest BCUT2D eigenvalue weighted by Gasteiger charge is -2.17. The van der Waals surface area contributed by atoms with Gasteiger partial charge in [0.1, 0.15) is 6.54 Å². The maximum Gasteiger partial charge on any atom is 0.332 e. The maximum atomic E-state index is 12.6. The number of likely N-dealkylation sites (N-methyl/N-ethyl adjacent to an activating group) is 1. The first-order chi connectivity index (χ1) is 11.8. The van der Waals surface area contributed by atoms with E-state index in [0.29, 0.717) is 17.7 Å². The lowest BCUT2D eigenvalue weighted by molar-refractivity contribution is -0.131. The average molecular weight is 426 g/mol. The molecule has 1 amide bonds. The Labute approximate surface area is 155 Å². The summed E-state index contributed by atoms with van der Waals surface area (Å²) in [5.41, 5.74) is -0.478. The number of thiophene rings is 1. The molecule has 0 aliphatic rings. The molecule has 0 aromatic carbocycles. The molecule has 0 fully saturated rings. The van der Waals surface area contributed by atoms with Crippen LogP contribution in [0.4, 0.5) is 0 Å². The van der Waals surface area contributed by atoms with Crippen molar-refractivity contribution in [3.63, 3.8) is 0 Å². The molecule has 25 heavy (non-hydrogen) atoms. The van der Waals surface area contributed by atoms with Crippen molar-refractivity contribution in [2.24, 2.45) is 14.1 Å². The van der Waals surface area contributed by atoms with Gasteiger partial charge in [0.05, 0.1) is 12.9 Å². The third-order valence-electron chi connectivity index (χ3n) is 3.93. The summed E-state index contributed by atoms with van der Waals surface area (Å²) in [5, 5.41) is 1.93. The second-order valence-electron chi connectivity index (χ2n) is 5.74. The Morgan fingerprint density at radius 2 is 2.08 bits per heavy atom. The van der Waals surface area contributed by atoms with Gasteiger partial charge in [-0.05, 0) is 22.0 Å². The lowest BCUT2D eigenvalue weighted by atomic mass is 10.4. The molecule has 0 N–H and O–H groups in total. The van der Waals surface area contributed by atoms with Gasteiger partial charge in [0.15, 0.2) is 11.2 Å². The summed E-state index contributed by atoms with van der Waals surface area (Å²) in [6, 6.07) is 1.93. The van der Waals surface area contributed by atoms with Gasteiger partial charge < -0.3 is 9.47 Å². The van der Waals surface area contributed by atoms with Gasteiger partial charge in [-0.3, -0.25) is 14.2 Å². The Hall–Kier alpha value is -2.20. The number of carbonyl (C=O) groups is 1. The molecule has 0 saturated carbocycles. The molecule has 8 nitrogen and oxygen atoms in total. The second kappa shape index (κ2) is 6.60. The van der Waals surface area contributed by atoms with E-state index in [9.17, 15) is 14.4 Å². The summed E-state index contributed by atoms with van der Waals surface area (Å²) in [6.07, 6.45) is 1.47. The number of hydrogen-bond donors (Lipinski definition) is 0. The Kier molecular flexibility index (Phi) is 4.65. The molecule has 0 atom stereocenters. The number of carbonyl (C=O) groups excluding carboxylic acids is 1. The highest BCUT2D eigenvalue weighted by molar-refractivity contribution is 9.10. The fourth-order valence-corrected chi connectivity index (χ4v) is 4.05. The molecule has 132 valence electrons. The van der Waals surface area contributed by atoms with Crippen molar-refractivity contribution in [1.29, 1.82) is 0 Å². The van der Waals surface area contributed by atoms with Crippen molar-refractivity contribution in [3.05, 3.63) is 48.0 Å². The number of imidazole rings is 1. The highest BCUT2D eigenvalue weighted by atomic mass is 79.9. The zero-order valence-electron chi connectivity index (χ0n) is 13.9. The predicted octanol–water partition coefficient (Wildman–Crippen LogP) is 0.916. The molecule has 10 heteroatoms. The molecule has 0 radical (unpaired) electrons. The van der Waals surface area contributed by atoms with Gasteiger partial charge in [-0.2, -0.15) is 0 Å². The van der Waals surface area contributed by atoms with E-state index in [1.54, 1.807) is 18.7 Å². The van der Waals surface area contributed by atoms with Crippen molar-refractivity contribution in [3.8, 4) is 0 Å². The maximum absolute atomic E-state index is 12.6. The minimum atomic E-state index is -0.559. The number of amides is 1. The Morgan fingerprint density at radius 1 is 1.36 bits per heavy atom. The van der Waals surface area contributed by atoms with E-state index in [4.69, 9.17) is 0 Å². The SMILES string of the molecule is CN(Cc1cc(Br)cs1)C(=O)Cn1c(=O)c2c(ncn2C)n(C)c1=O. The van der Waals surface area contributed by atoms with Gasteiger partial charge in [-0.15, -0.1) is 11.3 Å². The predicted molar refractivity (Wildman–Crippen MR) is 98.7 cm³/mol. The number of nitrogens with zero attached hydrogens (tertiary/aromatic N) is 5. The van der Waals surface area contributed by atoms with Crippen LogP contribution < -0.4 is 11.2 Å². The van der Waals surface area contributed by atoms with E-state index in [2.05, 4.69) is 20.9 Å². The Bertz CT molecular complexity index is 1080. The molecule has 0 unspecified atom stereocenters. The number of hydrogen-bond acceptors (Lipinski definition) is 5. The smallest absolute Gasteiger partial charge is 0.332 e. The van der Waals surface area contributed by atoms with E-state index in [1.807, 2.05) is 11.4 Å². The second-order valence-corrected chi connectivity index (χ2v) is 7.65. The van der Waals surface area contributed by atoms with Gasteiger partial charge in [-0.25, -0.2) is 14.3 Å². The minimum Gasteiger partial charge on any atom is -0.339 e. The van der Waals surface area contributed by atoms with E-state index in [-0.39, 0.29) is 12.5 Å². The number of fused-ring (bicyclic) bond motifs is 1. The monoisotopic (exact) mass is 425 g/mol. The number of rotatable bonds is 4. The summed E-state index contributed by atoms with van der Waals surface area (Å²) in [6.45, 7) is 0.105. The van der Waals surface area contributed by atoms with E-state index < -0.39 is 11.2 Å². The van der Waals surface area contributed by atoms with Crippen molar-refractivity contribution in [1.82, 2.24) is 23.6 Å². The fourth-order valence-electron chi connectivity index (χ4n) is 2.55. The van der Waals surface area contributed by atoms with Gasteiger partial charge >= 0.3 is 5.69 Å². The molecule has 0 spiro atoms. The van der Waals surface area contributed by atoms with Crippen molar-refractivity contribution in [2.45, 2.75) is 13.1 Å². The van der Waals surface area contributed by atoms with Crippen LogP contribution in [-0.4, -0.2) is 36.5 Å². The summed E-state index contributed by atoms with van der Waals surface area (Å²) in [5.74, 6) is -0.315. The first-order valence-electron chi connectivity index (χ1n) is 7.37. The average Bonchev–Trinajstić information content (AvgIpc) is 3.15. The van der Waals surface area contributed by atoms with E-state index >= 15 is 0 Å². The molecule has 0 aliphatic carbocycles. The fraction of sp³-hybridized carbons (Fsp3) is 0.333. The minimum absolute atomic E-state index is 0.291. The van der Waals surface area contributed by atoms with Crippen LogP contribution in [0.5, 0.6) is 0 Å². The Morgan fingerprint density at radius 3 is 2.72 bits per heavy atom. The molecule has 3 aromatic heterocycles.